The zero-order chi connectivity index (χ0) is 28.3. The monoisotopic (exact) mass is 563 g/mol. The van der Waals surface area contributed by atoms with Crippen LogP contribution in [0.25, 0.3) is 0 Å². The smallest absolute Gasteiger partial charge is 0.319 e. The highest BCUT2D eigenvalue weighted by Crippen LogP contribution is 2.27. The normalized spacial score (nSPS) is 25.6. The number of carbonyl (C=O) groups is 2. The summed E-state index contributed by atoms with van der Waals surface area (Å²) in [5.74, 6) is 0.418. The second-order valence-corrected chi connectivity index (χ2v) is 11.7. The Labute approximate surface area is 241 Å². The van der Waals surface area contributed by atoms with Gasteiger partial charge in [-0.3, -0.25) is 14.5 Å². The molecule has 4 aliphatic rings. The van der Waals surface area contributed by atoms with Gasteiger partial charge in [0.2, 0.25) is 5.91 Å². The van der Waals surface area contributed by atoms with Crippen LogP contribution in [0.2, 0.25) is 0 Å². The number of aliphatic hydroxyl groups excluding tert-OH is 1. The molecule has 0 spiro atoms. The summed E-state index contributed by atoms with van der Waals surface area (Å²) in [5, 5.41) is 17.9. The number of carbonyl (C=O) groups excluding carboxylic acids is 2. The topological polar surface area (TPSA) is 123 Å². The van der Waals surface area contributed by atoms with Crippen molar-refractivity contribution < 1.29 is 19.4 Å². The molecule has 3 atom stereocenters. The summed E-state index contributed by atoms with van der Waals surface area (Å²) in [6, 6.07) is 10.5. The lowest BCUT2D eigenvalue weighted by Crippen LogP contribution is -2.56. The molecule has 0 radical (unpaired) electrons. The largest absolute Gasteiger partial charge is 0.459 e. The fourth-order valence-electron chi connectivity index (χ4n) is 6.58. The average Bonchev–Trinajstić information content (AvgIpc) is 3.49. The lowest BCUT2D eigenvalue weighted by Gasteiger charge is -2.43. The molecule has 3 fully saturated rings. The lowest BCUT2D eigenvalue weighted by atomic mass is 9.94. The molecule has 5 heterocycles. The van der Waals surface area contributed by atoms with Crippen molar-refractivity contribution in [2.24, 2.45) is 0 Å². The Hall–Kier alpha value is -3.28. The Bertz CT molecular complexity index is 1250. The number of aliphatic hydroxyl groups is 1. The van der Waals surface area contributed by atoms with Crippen LogP contribution < -0.4 is 15.4 Å². The number of aromatic nitrogens is 2. The number of likely N-dealkylation sites (tertiary alicyclic amines) is 2. The molecule has 0 aliphatic carbocycles. The minimum Gasteiger partial charge on any atom is -0.459 e. The summed E-state index contributed by atoms with van der Waals surface area (Å²) in [4.78, 5) is 40.5. The molecule has 11 heteroatoms. The molecule has 0 saturated carbocycles. The van der Waals surface area contributed by atoms with Crippen molar-refractivity contribution in [2.45, 2.75) is 69.9 Å². The zero-order valence-electron chi connectivity index (χ0n) is 23.8. The van der Waals surface area contributed by atoms with Gasteiger partial charge in [0.25, 0.3) is 5.91 Å². The number of piperidine rings is 2. The van der Waals surface area contributed by atoms with Gasteiger partial charge in [0.05, 0.1) is 6.10 Å². The van der Waals surface area contributed by atoms with Gasteiger partial charge in [-0.2, -0.15) is 9.97 Å². The highest BCUT2D eigenvalue weighted by Gasteiger charge is 2.36. The van der Waals surface area contributed by atoms with Gasteiger partial charge in [-0.1, -0.05) is 24.3 Å². The van der Waals surface area contributed by atoms with Gasteiger partial charge in [0, 0.05) is 70.9 Å². The molecule has 1 aromatic carbocycles. The van der Waals surface area contributed by atoms with Gasteiger partial charge in [-0.05, 0) is 49.8 Å². The van der Waals surface area contributed by atoms with Crippen LogP contribution in [0.5, 0.6) is 6.01 Å². The molecule has 2 amide bonds. The molecule has 3 saturated heterocycles. The van der Waals surface area contributed by atoms with E-state index in [1.54, 1.807) is 17.9 Å². The number of β-amino-alcohol motifs (C(OH)–C–C–N with tert-alkyl or cyclic N) is 1. The number of amides is 2. The molecular formula is C30H41N7O4. The summed E-state index contributed by atoms with van der Waals surface area (Å²) in [6.45, 7) is 7.13. The van der Waals surface area contributed by atoms with Crippen molar-refractivity contribution >= 4 is 17.6 Å². The molecule has 41 heavy (non-hydrogen) atoms. The van der Waals surface area contributed by atoms with Crippen LogP contribution >= 0.6 is 0 Å². The third-order valence-electron chi connectivity index (χ3n) is 8.97. The zero-order valence-corrected chi connectivity index (χ0v) is 23.8. The van der Waals surface area contributed by atoms with Gasteiger partial charge in [0.15, 0.2) is 0 Å². The summed E-state index contributed by atoms with van der Waals surface area (Å²) in [6.07, 6.45) is 3.47. The van der Waals surface area contributed by atoms with Crippen molar-refractivity contribution in [2.75, 3.05) is 51.1 Å². The minimum absolute atomic E-state index is 0.0182. The van der Waals surface area contributed by atoms with Crippen molar-refractivity contribution in [1.82, 2.24) is 30.0 Å². The van der Waals surface area contributed by atoms with Crippen molar-refractivity contribution in [1.29, 1.82) is 0 Å². The minimum atomic E-state index is -0.635. The molecular weight excluding hydrogens is 522 g/mol. The Morgan fingerprint density at radius 1 is 1.02 bits per heavy atom. The van der Waals surface area contributed by atoms with Crippen LogP contribution in [0.4, 0.5) is 5.82 Å². The number of nitrogens with one attached hydrogen (secondary N) is 2. The van der Waals surface area contributed by atoms with Crippen LogP contribution in [-0.2, 0) is 17.8 Å². The molecule has 1 aromatic heterocycles. The molecule has 6 rings (SSSR count). The highest BCUT2D eigenvalue weighted by molar-refractivity contribution is 5.93. The molecule has 4 aliphatic heterocycles. The molecule has 220 valence electrons. The second kappa shape index (κ2) is 12.3. The van der Waals surface area contributed by atoms with E-state index in [-0.39, 0.29) is 48.3 Å². The quantitative estimate of drug-likeness (QED) is 0.477. The average molecular weight is 564 g/mol. The summed E-state index contributed by atoms with van der Waals surface area (Å²) in [5.41, 5.74) is 2.97. The number of nitrogens with zero attached hydrogens (tertiary/aromatic N) is 5. The van der Waals surface area contributed by atoms with Gasteiger partial charge >= 0.3 is 6.01 Å². The summed E-state index contributed by atoms with van der Waals surface area (Å²) < 4.78 is 6.07. The van der Waals surface area contributed by atoms with Crippen LogP contribution in [0.15, 0.2) is 30.3 Å². The third-order valence-corrected chi connectivity index (χ3v) is 8.97. The summed E-state index contributed by atoms with van der Waals surface area (Å²) in [7, 11) is 0. The van der Waals surface area contributed by atoms with Crippen LogP contribution in [0.3, 0.4) is 0 Å². The van der Waals surface area contributed by atoms with Crippen LogP contribution in [0, 0.1) is 0 Å². The first kappa shape index (κ1) is 27.9. The number of fused-ring (bicyclic) bond motifs is 1. The van der Waals surface area contributed by atoms with E-state index >= 15 is 0 Å². The van der Waals surface area contributed by atoms with Crippen molar-refractivity contribution in [3.8, 4) is 6.01 Å². The first-order valence-electron chi connectivity index (χ1n) is 15.0. The third kappa shape index (κ3) is 6.47. The first-order valence-corrected chi connectivity index (χ1v) is 15.0. The van der Waals surface area contributed by atoms with Crippen molar-refractivity contribution in [3.05, 3.63) is 47.2 Å². The maximum atomic E-state index is 13.7. The SMILES string of the molecule is CC(=O)N1CCC(Nc2cc(C(=O)N3CC[C@@H](N4CCc5ccccc5C4)[C@H](O)C3)nc(OC3CCNC3)n2)CC1. The van der Waals surface area contributed by atoms with Gasteiger partial charge < -0.3 is 30.3 Å². The number of rotatable bonds is 6. The predicted octanol–water partition coefficient (Wildman–Crippen LogP) is 1.27. The number of hydrogen-bond donors (Lipinski definition) is 3. The van der Waals surface area contributed by atoms with E-state index in [9.17, 15) is 14.7 Å². The standard InChI is InChI=1S/C30H41N7O4/c1-20(38)35-13-8-23(9-14-35)32-28-16-25(33-30(34-28)41-24-6-11-31-17-24)29(40)37-15-10-26(27(39)19-37)36-12-7-21-4-2-3-5-22(21)18-36/h2-5,16,23-24,26-27,31,39H,6-15,17-19H2,1H3,(H,32,33,34)/t24?,26-,27-/m1/s1. The lowest BCUT2D eigenvalue weighted by molar-refractivity contribution is -0.129. The first-order chi connectivity index (χ1) is 19.9. The number of benzene rings is 1. The van der Waals surface area contributed by atoms with E-state index in [1.807, 2.05) is 4.90 Å². The van der Waals surface area contributed by atoms with E-state index in [2.05, 4.69) is 49.8 Å². The molecule has 3 N–H and O–H groups in total. The summed E-state index contributed by atoms with van der Waals surface area (Å²) >= 11 is 0. The maximum Gasteiger partial charge on any atom is 0.319 e. The van der Waals surface area contributed by atoms with E-state index in [1.165, 1.54) is 11.1 Å². The number of anilines is 1. The molecule has 11 nitrogen and oxygen atoms in total. The molecule has 0 bridgehead atoms. The van der Waals surface area contributed by atoms with Gasteiger partial charge in [0.1, 0.15) is 17.6 Å². The van der Waals surface area contributed by atoms with Crippen molar-refractivity contribution in [3.63, 3.8) is 0 Å². The van der Waals surface area contributed by atoms with E-state index < -0.39 is 6.10 Å². The van der Waals surface area contributed by atoms with E-state index in [0.717, 1.165) is 45.3 Å². The molecule has 2 aromatic rings. The fourth-order valence-corrected chi connectivity index (χ4v) is 6.58. The number of ether oxygens (including phenoxy) is 1. The van der Waals surface area contributed by atoms with Crippen LogP contribution in [-0.4, -0.2) is 112 Å². The Morgan fingerprint density at radius 3 is 2.54 bits per heavy atom. The predicted molar refractivity (Wildman–Crippen MR) is 154 cm³/mol. The molecule has 1 unspecified atom stereocenters. The maximum absolute atomic E-state index is 13.7. The number of hydrogen-bond acceptors (Lipinski definition) is 9. The second-order valence-electron chi connectivity index (χ2n) is 11.7. The van der Waals surface area contributed by atoms with Gasteiger partial charge in [-0.15, -0.1) is 0 Å². The van der Waals surface area contributed by atoms with Gasteiger partial charge in [-0.25, -0.2) is 0 Å². The van der Waals surface area contributed by atoms with E-state index in [4.69, 9.17) is 4.74 Å². The van der Waals surface area contributed by atoms with Crippen LogP contribution in [0.1, 0.15) is 54.2 Å². The Morgan fingerprint density at radius 2 is 1.80 bits per heavy atom. The Kier molecular flexibility index (Phi) is 8.36. The van der Waals surface area contributed by atoms with E-state index in [0.29, 0.717) is 38.4 Å². The highest BCUT2D eigenvalue weighted by atomic mass is 16.5. The Balaban J connectivity index is 1.13. The fraction of sp³-hybridized carbons (Fsp3) is 0.600.